The molecule has 0 radical (unpaired) electrons. The van der Waals surface area contributed by atoms with Crippen molar-refractivity contribution in [2.75, 3.05) is 7.11 Å². The summed E-state index contributed by atoms with van der Waals surface area (Å²) in [6.07, 6.45) is 0.931. The van der Waals surface area contributed by atoms with Gasteiger partial charge in [-0.25, -0.2) is 9.18 Å². The monoisotopic (exact) mass is 271 g/mol. The molecule has 0 aliphatic carbocycles. The second-order valence-corrected chi connectivity index (χ2v) is 3.75. The zero-order valence-electron chi connectivity index (χ0n) is 8.11. The van der Waals surface area contributed by atoms with Crippen LogP contribution in [0.1, 0.15) is 11.7 Å². The Morgan fingerprint density at radius 1 is 1.60 bits per heavy atom. The third kappa shape index (κ3) is 3.83. The number of halogens is 2. The van der Waals surface area contributed by atoms with Gasteiger partial charge >= 0.3 is 5.97 Å². The number of hydrogen-bond acceptors (Lipinski definition) is 2. The highest BCUT2D eigenvalue weighted by Gasteiger charge is 2.06. The predicted octanol–water partition coefficient (Wildman–Crippen LogP) is 3.19. The molecule has 0 saturated heterocycles. The van der Waals surface area contributed by atoms with E-state index in [2.05, 4.69) is 20.7 Å². The van der Waals surface area contributed by atoms with Gasteiger partial charge in [0, 0.05) is 10.5 Å². The normalized spacial score (nSPS) is 12.7. The summed E-state index contributed by atoms with van der Waals surface area (Å²) in [4.78, 5) is 10.7. The number of hydrogen-bond donors (Lipinski definition) is 0. The van der Waals surface area contributed by atoms with E-state index in [1.165, 1.54) is 7.11 Å². The molecule has 0 N–H and O–H groups in total. The van der Waals surface area contributed by atoms with Crippen LogP contribution in [-0.4, -0.2) is 13.1 Å². The van der Waals surface area contributed by atoms with Gasteiger partial charge in [-0.15, -0.1) is 0 Å². The first kappa shape index (κ1) is 11.9. The van der Waals surface area contributed by atoms with Crippen LogP contribution in [0.3, 0.4) is 0 Å². The SMILES string of the molecule is COC(=O)/C=C/C([18F])c1cccc(Br)c1. The van der Waals surface area contributed by atoms with E-state index in [4.69, 9.17) is 0 Å². The van der Waals surface area contributed by atoms with Crippen LogP contribution in [0.25, 0.3) is 0 Å². The van der Waals surface area contributed by atoms with E-state index in [0.29, 0.717) is 5.56 Å². The van der Waals surface area contributed by atoms with Crippen LogP contribution in [0.5, 0.6) is 0 Å². The van der Waals surface area contributed by atoms with Gasteiger partial charge < -0.3 is 4.74 Å². The number of esters is 1. The van der Waals surface area contributed by atoms with Crippen LogP contribution >= 0.6 is 15.9 Å². The number of alkyl halides is 1. The molecule has 0 aliphatic heterocycles. The van der Waals surface area contributed by atoms with Crippen LogP contribution in [0.4, 0.5) is 4.39 Å². The van der Waals surface area contributed by atoms with Gasteiger partial charge in [-0.05, 0) is 23.8 Å². The smallest absolute Gasteiger partial charge is 0.330 e. The molecule has 1 atom stereocenters. The number of ether oxygens (including phenoxy) is 1. The Morgan fingerprint density at radius 3 is 2.93 bits per heavy atom. The van der Waals surface area contributed by atoms with Gasteiger partial charge in [-0.1, -0.05) is 28.1 Å². The van der Waals surface area contributed by atoms with E-state index in [-0.39, 0.29) is 0 Å². The first-order chi connectivity index (χ1) is 7.13. The summed E-state index contributed by atoms with van der Waals surface area (Å²) in [5.74, 6) is -0.562. The van der Waals surface area contributed by atoms with Gasteiger partial charge in [0.25, 0.3) is 0 Å². The Morgan fingerprint density at radius 2 is 2.33 bits per heavy atom. The molecular weight excluding hydrogens is 262 g/mol. The topological polar surface area (TPSA) is 26.3 Å². The molecule has 0 aromatic heterocycles. The van der Waals surface area contributed by atoms with E-state index in [9.17, 15) is 9.18 Å². The molecule has 1 rings (SSSR count). The largest absolute Gasteiger partial charge is 0.466 e. The van der Waals surface area contributed by atoms with Gasteiger partial charge in [0.15, 0.2) is 0 Å². The van der Waals surface area contributed by atoms with Crippen molar-refractivity contribution in [1.82, 2.24) is 0 Å². The lowest BCUT2D eigenvalue weighted by atomic mass is 10.1. The quantitative estimate of drug-likeness (QED) is 0.624. The summed E-state index contributed by atoms with van der Waals surface area (Å²) >= 11 is 3.24. The van der Waals surface area contributed by atoms with Crippen LogP contribution in [0.2, 0.25) is 0 Å². The fraction of sp³-hybridized carbons (Fsp3) is 0.182. The van der Waals surface area contributed by atoms with Crippen LogP contribution < -0.4 is 0 Å². The Kier molecular flexibility index (Phi) is 4.49. The lowest BCUT2D eigenvalue weighted by Gasteiger charge is -2.03. The van der Waals surface area contributed by atoms with Crippen LogP contribution in [-0.2, 0) is 9.53 Å². The third-order valence-electron chi connectivity index (χ3n) is 1.77. The average molecular weight is 272 g/mol. The molecule has 2 nitrogen and oxygen atoms in total. The van der Waals surface area contributed by atoms with Crippen molar-refractivity contribution in [3.8, 4) is 0 Å². The molecule has 4 heteroatoms. The lowest BCUT2D eigenvalue weighted by Crippen LogP contribution is -1.95. The molecule has 1 aromatic rings. The molecule has 1 unspecified atom stereocenters. The van der Waals surface area contributed by atoms with Crippen molar-refractivity contribution in [1.29, 1.82) is 0 Å². The Bertz CT molecular complexity index is 377. The number of rotatable bonds is 3. The summed E-state index contributed by atoms with van der Waals surface area (Å²) in [5, 5.41) is 0. The van der Waals surface area contributed by atoms with Crippen LogP contribution in [0, 0.1) is 0 Å². The Hall–Kier alpha value is -1.16. The number of methoxy groups -OCH3 is 1. The van der Waals surface area contributed by atoms with E-state index in [0.717, 1.165) is 16.6 Å². The maximum absolute atomic E-state index is 13.5. The lowest BCUT2D eigenvalue weighted by molar-refractivity contribution is -0.134. The molecule has 0 aliphatic rings. The van der Waals surface area contributed by atoms with Crippen LogP contribution in [0.15, 0.2) is 40.9 Å². The summed E-state index contributed by atoms with van der Waals surface area (Å²) in [6.45, 7) is 0. The minimum atomic E-state index is -1.30. The summed E-state index contributed by atoms with van der Waals surface area (Å²) in [7, 11) is 1.25. The number of allylic oxidation sites excluding steroid dienone is 1. The summed E-state index contributed by atoms with van der Waals surface area (Å²) in [5.41, 5.74) is 0.490. The predicted molar refractivity (Wildman–Crippen MR) is 59.1 cm³/mol. The fourth-order valence-corrected chi connectivity index (χ4v) is 1.44. The molecule has 0 amide bonds. The molecule has 15 heavy (non-hydrogen) atoms. The maximum atomic E-state index is 13.5. The van der Waals surface area contributed by atoms with E-state index in [1.807, 2.05) is 0 Å². The molecule has 0 saturated carbocycles. The van der Waals surface area contributed by atoms with Crippen molar-refractivity contribution in [2.45, 2.75) is 6.17 Å². The minimum absolute atomic E-state index is 0.490. The van der Waals surface area contributed by atoms with Crippen molar-refractivity contribution in [3.63, 3.8) is 0 Å². The fourth-order valence-electron chi connectivity index (χ4n) is 1.02. The van der Waals surface area contributed by atoms with Gasteiger partial charge in [0.1, 0.15) is 6.17 Å². The standard InChI is InChI=1S/C11H10BrFO2/c1-15-11(14)6-5-10(13)8-3-2-4-9(12)7-8/h2-7,10H,1H3/b6-5+/i13-1. The highest BCUT2D eigenvalue weighted by molar-refractivity contribution is 9.10. The number of carbonyl (C=O) groups is 1. The minimum Gasteiger partial charge on any atom is -0.466 e. The first-order valence-electron chi connectivity index (χ1n) is 4.29. The van der Waals surface area contributed by atoms with Gasteiger partial charge in [-0.3, -0.25) is 0 Å². The van der Waals surface area contributed by atoms with Crippen molar-refractivity contribution < 1.29 is 13.9 Å². The highest BCUT2D eigenvalue weighted by atomic mass is 79.9. The highest BCUT2D eigenvalue weighted by Crippen LogP contribution is 2.22. The molecule has 1 aromatic carbocycles. The second kappa shape index (κ2) is 5.66. The zero-order chi connectivity index (χ0) is 11.3. The molecule has 80 valence electrons. The molecular formula is C11H10BrFO2. The Balaban J connectivity index is 2.73. The number of carbonyl (C=O) groups excluding carboxylic acids is 1. The van der Waals surface area contributed by atoms with Crippen molar-refractivity contribution in [2.24, 2.45) is 0 Å². The third-order valence-corrected chi connectivity index (χ3v) is 2.26. The van der Waals surface area contributed by atoms with Crippen molar-refractivity contribution >= 4 is 21.9 Å². The van der Waals surface area contributed by atoms with E-state index in [1.54, 1.807) is 24.3 Å². The molecule has 0 heterocycles. The average Bonchev–Trinajstić information content (AvgIpc) is 2.25. The van der Waals surface area contributed by atoms with E-state index >= 15 is 0 Å². The zero-order valence-corrected chi connectivity index (χ0v) is 9.70. The summed E-state index contributed by atoms with van der Waals surface area (Å²) in [6, 6.07) is 6.85. The van der Waals surface area contributed by atoms with Crippen molar-refractivity contribution in [3.05, 3.63) is 46.5 Å². The number of benzene rings is 1. The molecule has 0 fully saturated rings. The van der Waals surface area contributed by atoms with Gasteiger partial charge in [0.2, 0.25) is 0 Å². The summed E-state index contributed by atoms with van der Waals surface area (Å²) < 4.78 is 18.7. The second-order valence-electron chi connectivity index (χ2n) is 2.84. The molecule has 0 bridgehead atoms. The molecule has 0 spiro atoms. The van der Waals surface area contributed by atoms with Gasteiger partial charge in [-0.2, -0.15) is 0 Å². The van der Waals surface area contributed by atoms with E-state index < -0.39 is 12.1 Å². The maximum Gasteiger partial charge on any atom is 0.330 e. The van der Waals surface area contributed by atoms with Gasteiger partial charge in [0.05, 0.1) is 7.11 Å². The Labute approximate surface area is 95.9 Å². The first-order valence-corrected chi connectivity index (χ1v) is 5.08.